The molecule has 162 valence electrons. The van der Waals surface area contributed by atoms with Gasteiger partial charge in [-0.3, -0.25) is 9.69 Å². The molecule has 0 bridgehead atoms. The predicted octanol–water partition coefficient (Wildman–Crippen LogP) is 5.18. The van der Waals surface area contributed by atoms with Gasteiger partial charge in [0.1, 0.15) is 0 Å². The first-order valence-electron chi connectivity index (χ1n) is 11.4. The third-order valence-electron chi connectivity index (χ3n) is 6.48. The molecule has 0 radical (unpaired) electrons. The van der Waals surface area contributed by atoms with Gasteiger partial charge in [-0.1, -0.05) is 42.4 Å². The van der Waals surface area contributed by atoms with E-state index in [1.807, 2.05) is 6.07 Å². The van der Waals surface area contributed by atoms with Gasteiger partial charge in [0.2, 0.25) is 5.91 Å². The number of fused-ring (bicyclic) bond motifs is 1. The summed E-state index contributed by atoms with van der Waals surface area (Å²) in [4.78, 5) is 22.0. The fraction of sp³-hybridized carbons (Fsp3) is 0.440. The van der Waals surface area contributed by atoms with Crippen LogP contribution in [0.4, 0.5) is 10.8 Å². The van der Waals surface area contributed by atoms with E-state index in [9.17, 15) is 4.79 Å². The van der Waals surface area contributed by atoms with Gasteiger partial charge in [0, 0.05) is 44.3 Å². The maximum atomic E-state index is 12.7. The number of hydrogen-bond donors (Lipinski definition) is 1. The van der Waals surface area contributed by atoms with E-state index >= 15 is 0 Å². The molecule has 1 saturated carbocycles. The SMILES string of the molecule is Cc1cc(CN2CCN(C(=O)C3CCCC3)CC2)cc(Nc2nc3ccccc3s2)c1. The summed E-state index contributed by atoms with van der Waals surface area (Å²) in [5.74, 6) is 0.689. The summed E-state index contributed by atoms with van der Waals surface area (Å²) in [5, 5.41) is 4.43. The van der Waals surface area contributed by atoms with Crippen molar-refractivity contribution in [1.29, 1.82) is 0 Å². The number of nitrogens with zero attached hydrogens (tertiary/aromatic N) is 3. The molecule has 1 amide bonds. The Kier molecular flexibility index (Phi) is 5.92. The molecule has 1 aliphatic heterocycles. The number of carbonyl (C=O) groups is 1. The fourth-order valence-electron chi connectivity index (χ4n) is 4.89. The van der Waals surface area contributed by atoms with Crippen molar-refractivity contribution in [3.8, 4) is 0 Å². The van der Waals surface area contributed by atoms with Crippen LogP contribution in [-0.4, -0.2) is 46.9 Å². The molecule has 2 aliphatic rings. The predicted molar refractivity (Wildman–Crippen MR) is 128 cm³/mol. The molecule has 0 unspecified atom stereocenters. The van der Waals surface area contributed by atoms with E-state index in [0.29, 0.717) is 11.8 Å². The lowest BCUT2D eigenvalue weighted by Gasteiger charge is -2.36. The molecular weight excluding hydrogens is 404 g/mol. The van der Waals surface area contributed by atoms with Crippen LogP contribution in [0, 0.1) is 12.8 Å². The second-order valence-corrected chi connectivity index (χ2v) is 9.93. The van der Waals surface area contributed by atoms with Gasteiger partial charge in [-0.05, 0) is 55.2 Å². The van der Waals surface area contributed by atoms with Crippen LogP contribution in [0.15, 0.2) is 42.5 Å². The van der Waals surface area contributed by atoms with E-state index in [0.717, 1.165) is 61.9 Å². The molecule has 1 N–H and O–H groups in total. The van der Waals surface area contributed by atoms with Crippen molar-refractivity contribution in [3.63, 3.8) is 0 Å². The van der Waals surface area contributed by atoms with Gasteiger partial charge in [0.05, 0.1) is 10.2 Å². The number of aromatic nitrogens is 1. The molecule has 2 fully saturated rings. The highest BCUT2D eigenvalue weighted by Gasteiger charge is 2.29. The summed E-state index contributed by atoms with van der Waals surface area (Å²) >= 11 is 1.68. The molecule has 5 nitrogen and oxygen atoms in total. The number of para-hydroxylation sites is 1. The second kappa shape index (κ2) is 8.97. The molecule has 1 saturated heterocycles. The number of aryl methyl sites for hydroxylation is 1. The van der Waals surface area contributed by atoms with Crippen molar-refractivity contribution in [2.45, 2.75) is 39.2 Å². The van der Waals surface area contributed by atoms with Gasteiger partial charge in [-0.25, -0.2) is 4.98 Å². The first-order chi connectivity index (χ1) is 15.1. The van der Waals surface area contributed by atoms with E-state index in [1.165, 1.54) is 28.7 Å². The Hall–Kier alpha value is -2.44. The summed E-state index contributed by atoms with van der Waals surface area (Å²) in [5.41, 5.74) is 4.67. The first-order valence-corrected chi connectivity index (χ1v) is 12.2. The molecule has 3 aromatic rings. The maximum absolute atomic E-state index is 12.7. The molecule has 31 heavy (non-hydrogen) atoms. The number of benzene rings is 2. The van der Waals surface area contributed by atoms with E-state index in [4.69, 9.17) is 4.98 Å². The maximum Gasteiger partial charge on any atom is 0.225 e. The number of nitrogens with one attached hydrogen (secondary N) is 1. The van der Waals surface area contributed by atoms with Crippen molar-refractivity contribution in [1.82, 2.24) is 14.8 Å². The third kappa shape index (κ3) is 4.75. The number of anilines is 2. The standard InChI is InChI=1S/C25H30N4OS/c1-18-14-19(16-21(15-18)26-25-27-22-8-4-5-9-23(22)31-25)17-28-10-12-29(13-11-28)24(30)20-6-2-3-7-20/h4-5,8-9,14-16,20H,2-3,6-7,10-13,17H2,1H3,(H,26,27). The highest BCUT2D eigenvalue weighted by Crippen LogP contribution is 2.29. The molecule has 2 aromatic carbocycles. The topological polar surface area (TPSA) is 48.5 Å². The number of rotatable bonds is 5. The zero-order chi connectivity index (χ0) is 21.2. The Morgan fingerprint density at radius 2 is 1.87 bits per heavy atom. The van der Waals surface area contributed by atoms with Gasteiger partial charge in [-0.2, -0.15) is 0 Å². The Bertz CT molecular complexity index is 1030. The van der Waals surface area contributed by atoms with Crippen LogP contribution < -0.4 is 5.32 Å². The van der Waals surface area contributed by atoms with Crippen LogP contribution in [-0.2, 0) is 11.3 Å². The minimum atomic E-state index is 0.291. The largest absolute Gasteiger partial charge is 0.340 e. The van der Waals surface area contributed by atoms with E-state index in [-0.39, 0.29) is 0 Å². The van der Waals surface area contributed by atoms with E-state index in [1.54, 1.807) is 11.3 Å². The van der Waals surface area contributed by atoms with Crippen LogP contribution in [0.3, 0.4) is 0 Å². The summed E-state index contributed by atoms with van der Waals surface area (Å²) in [6.45, 7) is 6.68. The minimum Gasteiger partial charge on any atom is -0.340 e. The van der Waals surface area contributed by atoms with Crippen LogP contribution in [0.1, 0.15) is 36.8 Å². The average Bonchev–Trinajstić information content (AvgIpc) is 3.43. The van der Waals surface area contributed by atoms with E-state index < -0.39 is 0 Å². The van der Waals surface area contributed by atoms with Crippen molar-refractivity contribution in [3.05, 3.63) is 53.6 Å². The molecular formula is C25H30N4OS. The van der Waals surface area contributed by atoms with Crippen molar-refractivity contribution in [2.24, 2.45) is 5.92 Å². The highest BCUT2D eigenvalue weighted by molar-refractivity contribution is 7.22. The Labute approximate surface area is 188 Å². The number of hydrogen-bond acceptors (Lipinski definition) is 5. The van der Waals surface area contributed by atoms with Gasteiger partial charge >= 0.3 is 0 Å². The van der Waals surface area contributed by atoms with Crippen molar-refractivity contribution < 1.29 is 4.79 Å². The Morgan fingerprint density at radius 3 is 2.65 bits per heavy atom. The van der Waals surface area contributed by atoms with Gasteiger partial charge in [-0.15, -0.1) is 0 Å². The fourth-order valence-corrected chi connectivity index (χ4v) is 5.78. The van der Waals surface area contributed by atoms with Crippen LogP contribution >= 0.6 is 11.3 Å². The summed E-state index contributed by atoms with van der Waals surface area (Å²) in [6.07, 6.45) is 4.62. The quantitative estimate of drug-likeness (QED) is 0.601. The van der Waals surface area contributed by atoms with E-state index in [2.05, 4.69) is 58.4 Å². The third-order valence-corrected chi connectivity index (χ3v) is 7.43. The lowest BCUT2D eigenvalue weighted by atomic mass is 10.1. The zero-order valence-corrected chi connectivity index (χ0v) is 19.0. The molecule has 5 rings (SSSR count). The molecule has 2 heterocycles. The lowest BCUT2D eigenvalue weighted by molar-refractivity contribution is -0.137. The molecule has 6 heteroatoms. The number of piperazine rings is 1. The van der Waals surface area contributed by atoms with Crippen LogP contribution in [0.5, 0.6) is 0 Å². The molecule has 0 atom stereocenters. The Morgan fingerprint density at radius 1 is 1.10 bits per heavy atom. The molecule has 1 aliphatic carbocycles. The monoisotopic (exact) mass is 434 g/mol. The zero-order valence-electron chi connectivity index (χ0n) is 18.1. The van der Waals surface area contributed by atoms with Crippen LogP contribution in [0.25, 0.3) is 10.2 Å². The molecule has 1 aromatic heterocycles. The van der Waals surface area contributed by atoms with Crippen molar-refractivity contribution >= 4 is 38.3 Å². The van der Waals surface area contributed by atoms with Crippen molar-refractivity contribution in [2.75, 3.05) is 31.5 Å². The number of carbonyl (C=O) groups excluding carboxylic acids is 1. The highest BCUT2D eigenvalue weighted by atomic mass is 32.1. The Balaban J connectivity index is 1.21. The lowest BCUT2D eigenvalue weighted by Crippen LogP contribution is -2.49. The normalized spacial score (nSPS) is 18.0. The summed E-state index contributed by atoms with van der Waals surface area (Å²) in [7, 11) is 0. The first kappa shape index (κ1) is 20.5. The minimum absolute atomic E-state index is 0.291. The van der Waals surface area contributed by atoms with Gasteiger partial charge in [0.25, 0.3) is 0 Å². The number of amides is 1. The summed E-state index contributed by atoms with van der Waals surface area (Å²) in [6, 6.07) is 14.9. The molecule has 0 spiro atoms. The van der Waals surface area contributed by atoms with Gasteiger partial charge in [0.15, 0.2) is 5.13 Å². The smallest absolute Gasteiger partial charge is 0.225 e. The summed E-state index contributed by atoms with van der Waals surface area (Å²) < 4.78 is 1.20. The second-order valence-electron chi connectivity index (χ2n) is 8.90. The number of thiazole rings is 1. The van der Waals surface area contributed by atoms with Gasteiger partial charge < -0.3 is 10.2 Å². The van der Waals surface area contributed by atoms with Crippen LogP contribution in [0.2, 0.25) is 0 Å². The average molecular weight is 435 g/mol.